The van der Waals surface area contributed by atoms with Crippen LogP contribution in [0, 0.1) is 0 Å². The van der Waals surface area contributed by atoms with E-state index in [4.69, 9.17) is 14.2 Å². The fourth-order valence-electron chi connectivity index (χ4n) is 1.21. The van der Waals surface area contributed by atoms with Crippen LogP contribution in [0.15, 0.2) is 11.8 Å². The van der Waals surface area contributed by atoms with E-state index in [2.05, 4.69) is 0 Å². The molecule has 11 heavy (non-hydrogen) atoms. The Hall–Kier alpha value is -0.540. The molecule has 1 aliphatic heterocycles. The Morgan fingerprint density at radius 1 is 1.55 bits per heavy atom. The van der Waals surface area contributed by atoms with Gasteiger partial charge in [-0.05, 0) is 19.9 Å². The summed E-state index contributed by atoms with van der Waals surface area (Å²) >= 11 is 0. The van der Waals surface area contributed by atoms with Gasteiger partial charge in [0.25, 0.3) is 0 Å². The number of hydrogen-bond donors (Lipinski definition) is 0. The standard InChI is InChI=1S/C8H14O3/c1-6-5-7(9-3)8(2,10-4)11-6/h5-6H,1-4H3. The fourth-order valence-corrected chi connectivity index (χ4v) is 1.21. The molecule has 2 atom stereocenters. The summed E-state index contributed by atoms with van der Waals surface area (Å²) in [5, 5.41) is 0. The minimum atomic E-state index is -0.686. The van der Waals surface area contributed by atoms with Crippen molar-refractivity contribution < 1.29 is 14.2 Å². The number of hydrogen-bond acceptors (Lipinski definition) is 3. The van der Waals surface area contributed by atoms with Gasteiger partial charge in [0.2, 0.25) is 5.79 Å². The second-order valence-corrected chi connectivity index (χ2v) is 2.71. The van der Waals surface area contributed by atoms with Crippen LogP contribution in [0.3, 0.4) is 0 Å². The molecule has 0 radical (unpaired) electrons. The second-order valence-electron chi connectivity index (χ2n) is 2.71. The average Bonchev–Trinajstić information content (AvgIpc) is 2.27. The summed E-state index contributed by atoms with van der Waals surface area (Å²) in [6, 6.07) is 0. The largest absolute Gasteiger partial charge is 0.496 e. The molecule has 1 rings (SSSR count). The lowest BCUT2D eigenvalue weighted by Crippen LogP contribution is -2.31. The van der Waals surface area contributed by atoms with Gasteiger partial charge >= 0.3 is 0 Å². The molecule has 0 spiro atoms. The Balaban J connectivity index is 2.78. The maximum atomic E-state index is 5.46. The maximum Gasteiger partial charge on any atom is 0.224 e. The molecule has 3 heteroatoms. The molecule has 0 N–H and O–H groups in total. The Kier molecular flexibility index (Phi) is 2.20. The summed E-state index contributed by atoms with van der Waals surface area (Å²) in [4.78, 5) is 0. The lowest BCUT2D eigenvalue weighted by molar-refractivity contribution is -0.199. The number of ether oxygens (including phenoxy) is 3. The van der Waals surface area contributed by atoms with Gasteiger partial charge in [0, 0.05) is 7.11 Å². The van der Waals surface area contributed by atoms with Gasteiger partial charge in [0.05, 0.1) is 13.2 Å². The highest BCUT2D eigenvalue weighted by Gasteiger charge is 2.38. The van der Waals surface area contributed by atoms with Crippen molar-refractivity contribution in [2.45, 2.75) is 25.7 Å². The molecule has 0 aromatic carbocycles. The molecule has 1 heterocycles. The van der Waals surface area contributed by atoms with Crippen molar-refractivity contribution in [1.82, 2.24) is 0 Å². The summed E-state index contributed by atoms with van der Waals surface area (Å²) in [5.41, 5.74) is 0. The predicted molar refractivity (Wildman–Crippen MR) is 41.1 cm³/mol. The zero-order valence-corrected chi connectivity index (χ0v) is 7.38. The zero-order chi connectivity index (χ0) is 8.48. The van der Waals surface area contributed by atoms with E-state index in [-0.39, 0.29) is 6.10 Å². The zero-order valence-electron chi connectivity index (χ0n) is 7.38. The van der Waals surface area contributed by atoms with Crippen LogP contribution in [-0.4, -0.2) is 26.1 Å². The predicted octanol–water partition coefficient (Wildman–Crippen LogP) is 1.30. The molecule has 3 nitrogen and oxygen atoms in total. The molecule has 64 valence electrons. The first-order valence-electron chi connectivity index (χ1n) is 3.61. The molecule has 0 aliphatic carbocycles. The van der Waals surface area contributed by atoms with E-state index in [9.17, 15) is 0 Å². The van der Waals surface area contributed by atoms with Gasteiger partial charge < -0.3 is 14.2 Å². The van der Waals surface area contributed by atoms with Crippen LogP contribution < -0.4 is 0 Å². The summed E-state index contributed by atoms with van der Waals surface area (Å²) in [6.07, 6.45) is 1.97. The number of rotatable bonds is 2. The average molecular weight is 158 g/mol. The highest BCUT2D eigenvalue weighted by Crippen LogP contribution is 2.31. The highest BCUT2D eigenvalue weighted by atomic mass is 16.7. The van der Waals surface area contributed by atoms with Crippen molar-refractivity contribution in [2.24, 2.45) is 0 Å². The van der Waals surface area contributed by atoms with Gasteiger partial charge in [-0.3, -0.25) is 0 Å². The number of methoxy groups -OCH3 is 2. The van der Waals surface area contributed by atoms with Crippen molar-refractivity contribution >= 4 is 0 Å². The summed E-state index contributed by atoms with van der Waals surface area (Å²) in [6.45, 7) is 3.79. The topological polar surface area (TPSA) is 27.7 Å². The third-order valence-electron chi connectivity index (χ3n) is 1.85. The highest BCUT2D eigenvalue weighted by molar-refractivity contribution is 5.12. The van der Waals surface area contributed by atoms with Crippen molar-refractivity contribution in [1.29, 1.82) is 0 Å². The Morgan fingerprint density at radius 2 is 2.18 bits per heavy atom. The molecule has 0 amide bonds. The van der Waals surface area contributed by atoms with Gasteiger partial charge in [-0.2, -0.15) is 0 Å². The normalized spacial score (nSPS) is 37.1. The summed E-state index contributed by atoms with van der Waals surface area (Å²) < 4.78 is 15.7. The monoisotopic (exact) mass is 158 g/mol. The molecule has 0 aromatic heterocycles. The fraction of sp³-hybridized carbons (Fsp3) is 0.750. The van der Waals surface area contributed by atoms with E-state index in [1.165, 1.54) is 0 Å². The van der Waals surface area contributed by atoms with E-state index in [0.29, 0.717) is 0 Å². The Bertz CT molecular complexity index is 176. The molecule has 1 aliphatic rings. The smallest absolute Gasteiger partial charge is 0.224 e. The van der Waals surface area contributed by atoms with Crippen LogP contribution in [0.25, 0.3) is 0 Å². The van der Waals surface area contributed by atoms with E-state index >= 15 is 0 Å². The quantitative estimate of drug-likeness (QED) is 0.606. The van der Waals surface area contributed by atoms with Crippen molar-refractivity contribution in [3.8, 4) is 0 Å². The molecule has 0 bridgehead atoms. The molecular weight excluding hydrogens is 144 g/mol. The first-order valence-corrected chi connectivity index (χ1v) is 3.61. The summed E-state index contributed by atoms with van der Waals surface area (Å²) in [7, 11) is 3.22. The van der Waals surface area contributed by atoms with Crippen LogP contribution in [0.5, 0.6) is 0 Å². The Morgan fingerprint density at radius 3 is 2.55 bits per heavy atom. The van der Waals surface area contributed by atoms with E-state index in [1.54, 1.807) is 14.2 Å². The molecule has 0 saturated heterocycles. The van der Waals surface area contributed by atoms with Crippen LogP contribution in [0.1, 0.15) is 13.8 Å². The molecule has 2 unspecified atom stereocenters. The van der Waals surface area contributed by atoms with Crippen molar-refractivity contribution in [3.05, 3.63) is 11.8 Å². The third-order valence-corrected chi connectivity index (χ3v) is 1.85. The van der Waals surface area contributed by atoms with Crippen LogP contribution in [0.4, 0.5) is 0 Å². The first-order chi connectivity index (χ1) is 5.12. The van der Waals surface area contributed by atoms with Gasteiger partial charge in [0.15, 0.2) is 5.76 Å². The van der Waals surface area contributed by atoms with Gasteiger partial charge in [-0.15, -0.1) is 0 Å². The SMILES string of the molecule is COC1=CC(C)OC1(C)OC. The van der Waals surface area contributed by atoms with Crippen molar-refractivity contribution in [2.75, 3.05) is 14.2 Å². The van der Waals surface area contributed by atoms with Crippen LogP contribution in [-0.2, 0) is 14.2 Å². The minimum absolute atomic E-state index is 0.0647. The third kappa shape index (κ3) is 1.39. The van der Waals surface area contributed by atoms with Crippen LogP contribution >= 0.6 is 0 Å². The minimum Gasteiger partial charge on any atom is -0.496 e. The molecular formula is C8H14O3. The molecule has 0 fully saturated rings. The molecule has 0 aromatic rings. The van der Waals surface area contributed by atoms with E-state index in [1.807, 2.05) is 19.9 Å². The van der Waals surface area contributed by atoms with Crippen molar-refractivity contribution in [3.63, 3.8) is 0 Å². The second kappa shape index (κ2) is 2.83. The Labute approximate surface area is 66.9 Å². The molecule has 0 saturated carbocycles. The van der Waals surface area contributed by atoms with Gasteiger partial charge in [-0.1, -0.05) is 0 Å². The first kappa shape index (κ1) is 8.56. The van der Waals surface area contributed by atoms with E-state index in [0.717, 1.165) is 5.76 Å². The van der Waals surface area contributed by atoms with E-state index < -0.39 is 5.79 Å². The lowest BCUT2D eigenvalue weighted by Gasteiger charge is -2.24. The summed E-state index contributed by atoms with van der Waals surface area (Å²) in [5.74, 6) is 0.0567. The lowest BCUT2D eigenvalue weighted by atomic mass is 10.2. The van der Waals surface area contributed by atoms with Gasteiger partial charge in [0.1, 0.15) is 0 Å². The van der Waals surface area contributed by atoms with Gasteiger partial charge in [-0.25, -0.2) is 0 Å². The maximum absolute atomic E-state index is 5.46. The van der Waals surface area contributed by atoms with Crippen LogP contribution in [0.2, 0.25) is 0 Å².